The average molecular weight is 294 g/mol. The first kappa shape index (κ1) is 16.4. The van der Waals surface area contributed by atoms with E-state index in [1.807, 2.05) is 32.0 Å². The van der Waals surface area contributed by atoms with Crippen LogP contribution >= 0.6 is 12.2 Å². The molecule has 20 heavy (non-hydrogen) atoms. The number of aryl methyl sites for hydroxylation is 2. The Morgan fingerprint density at radius 2 is 2.05 bits per heavy atom. The van der Waals surface area contributed by atoms with Crippen LogP contribution in [0.3, 0.4) is 0 Å². The van der Waals surface area contributed by atoms with Gasteiger partial charge in [0.25, 0.3) is 5.91 Å². The Labute approximate surface area is 125 Å². The number of rotatable bonds is 5. The van der Waals surface area contributed by atoms with Crippen molar-refractivity contribution >= 4 is 23.2 Å². The first-order valence-corrected chi connectivity index (χ1v) is 7.07. The van der Waals surface area contributed by atoms with Crippen molar-refractivity contribution in [3.05, 3.63) is 29.3 Å². The third-order valence-corrected chi connectivity index (χ3v) is 2.87. The van der Waals surface area contributed by atoms with Gasteiger partial charge in [0, 0.05) is 6.54 Å². The van der Waals surface area contributed by atoms with E-state index >= 15 is 0 Å². The van der Waals surface area contributed by atoms with Gasteiger partial charge in [-0.3, -0.25) is 4.79 Å². The molecule has 0 bridgehead atoms. The molecule has 110 valence electrons. The van der Waals surface area contributed by atoms with Crippen LogP contribution in [0.2, 0.25) is 0 Å². The molecule has 0 atom stereocenters. The Morgan fingerprint density at radius 3 is 2.70 bits per heavy atom. The molecule has 0 aromatic heterocycles. The zero-order valence-corrected chi connectivity index (χ0v) is 13.3. The zero-order chi connectivity index (χ0) is 15.1. The molecule has 0 aliphatic carbocycles. The van der Waals surface area contributed by atoms with E-state index in [0.717, 1.165) is 23.4 Å². The van der Waals surface area contributed by atoms with Gasteiger partial charge in [-0.15, -0.1) is 0 Å². The van der Waals surface area contributed by atoms with E-state index in [9.17, 15) is 4.79 Å². The molecule has 0 fully saturated rings. The molecule has 0 saturated heterocycles. The second-order valence-electron chi connectivity index (χ2n) is 5.21. The molecule has 1 aromatic carbocycles. The van der Waals surface area contributed by atoms with Gasteiger partial charge < -0.3 is 15.4 Å². The van der Waals surface area contributed by atoms with Crippen molar-refractivity contribution in [2.24, 2.45) is 5.92 Å². The van der Waals surface area contributed by atoms with E-state index in [-0.39, 0.29) is 12.5 Å². The van der Waals surface area contributed by atoms with Crippen molar-refractivity contribution in [2.45, 2.75) is 27.7 Å². The maximum Gasteiger partial charge on any atom is 0.264 e. The van der Waals surface area contributed by atoms with Crippen molar-refractivity contribution < 1.29 is 9.53 Å². The molecule has 0 heterocycles. The minimum atomic E-state index is -0.257. The maximum atomic E-state index is 11.7. The van der Waals surface area contributed by atoms with Gasteiger partial charge in [0.1, 0.15) is 5.75 Å². The quantitative estimate of drug-likeness (QED) is 0.818. The molecule has 0 aliphatic heterocycles. The van der Waals surface area contributed by atoms with Crippen LogP contribution in [0.15, 0.2) is 18.2 Å². The number of amides is 1. The van der Waals surface area contributed by atoms with Gasteiger partial charge in [0.05, 0.1) is 0 Å². The number of thiocarbonyl (C=S) groups is 1. The van der Waals surface area contributed by atoms with Crippen LogP contribution in [0.4, 0.5) is 0 Å². The molecule has 1 rings (SSSR count). The normalized spacial score (nSPS) is 10.2. The summed E-state index contributed by atoms with van der Waals surface area (Å²) in [6.07, 6.45) is 0. The lowest BCUT2D eigenvalue weighted by Crippen LogP contribution is -2.42. The molecule has 5 heteroatoms. The highest BCUT2D eigenvalue weighted by Gasteiger charge is 2.07. The molecule has 1 amide bonds. The fourth-order valence-electron chi connectivity index (χ4n) is 1.51. The highest BCUT2D eigenvalue weighted by atomic mass is 32.1. The fourth-order valence-corrected chi connectivity index (χ4v) is 1.71. The molecule has 4 nitrogen and oxygen atoms in total. The third-order valence-electron chi connectivity index (χ3n) is 2.63. The van der Waals surface area contributed by atoms with Crippen LogP contribution in [0.25, 0.3) is 0 Å². The van der Waals surface area contributed by atoms with E-state index in [2.05, 4.69) is 24.5 Å². The summed E-state index contributed by atoms with van der Waals surface area (Å²) in [5.74, 6) is 0.935. The summed E-state index contributed by atoms with van der Waals surface area (Å²) in [4.78, 5) is 11.7. The summed E-state index contributed by atoms with van der Waals surface area (Å²) in [7, 11) is 0. The van der Waals surface area contributed by atoms with E-state index in [1.54, 1.807) is 0 Å². The molecular formula is C15H22N2O2S. The lowest BCUT2D eigenvalue weighted by molar-refractivity contribution is -0.121. The molecule has 0 saturated carbocycles. The monoisotopic (exact) mass is 294 g/mol. The number of hydrogen-bond donors (Lipinski definition) is 2. The Balaban J connectivity index is 2.39. The summed E-state index contributed by atoms with van der Waals surface area (Å²) >= 11 is 5.03. The maximum absolute atomic E-state index is 11.7. The summed E-state index contributed by atoms with van der Waals surface area (Å²) < 4.78 is 5.51. The van der Waals surface area contributed by atoms with Gasteiger partial charge in [-0.2, -0.15) is 0 Å². The number of carbonyl (C=O) groups excluding carboxylic acids is 1. The van der Waals surface area contributed by atoms with Crippen LogP contribution in [-0.4, -0.2) is 24.2 Å². The van der Waals surface area contributed by atoms with Gasteiger partial charge in [0.2, 0.25) is 0 Å². The lowest BCUT2D eigenvalue weighted by atomic mass is 10.1. The fraction of sp³-hybridized carbons (Fsp3) is 0.467. The van der Waals surface area contributed by atoms with Crippen LogP contribution in [0.1, 0.15) is 25.0 Å². The number of ether oxygens (including phenoxy) is 1. The number of benzene rings is 1. The molecule has 1 aromatic rings. The molecule has 0 unspecified atom stereocenters. The van der Waals surface area contributed by atoms with Crippen molar-refractivity contribution in [3.8, 4) is 5.75 Å². The number of carbonyl (C=O) groups is 1. The molecule has 0 aliphatic rings. The largest absolute Gasteiger partial charge is 0.483 e. The summed E-state index contributed by atoms with van der Waals surface area (Å²) in [5.41, 5.74) is 2.10. The molecule has 0 spiro atoms. The Hall–Kier alpha value is -1.62. The minimum absolute atomic E-state index is 0.0478. The summed E-state index contributed by atoms with van der Waals surface area (Å²) in [6, 6.07) is 5.89. The Bertz CT molecular complexity index is 487. The summed E-state index contributed by atoms with van der Waals surface area (Å²) in [6.45, 7) is 8.76. The first-order chi connectivity index (χ1) is 9.38. The highest BCUT2D eigenvalue weighted by Crippen LogP contribution is 2.18. The average Bonchev–Trinajstić information content (AvgIpc) is 2.37. The minimum Gasteiger partial charge on any atom is -0.483 e. The van der Waals surface area contributed by atoms with Crippen LogP contribution in [0.5, 0.6) is 5.75 Å². The topological polar surface area (TPSA) is 50.4 Å². The smallest absolute Gasteiger partial charge is 0.264 e. The molecular weight excluding hydrogens is 272 g/mol. The molecule has 2 N–H and O–H groups in total. The SMILES string of the molecule is Cc1ccc(C)c(OCC(=O)NC(=S)NCC(C)C)c1. The number of nitrogens with one attached hydrogen (secondary N) is 2. The second-order valence-corrected chi connectivity index (χ2v) is 5.62. The Morgan fingerprint density at radius 1 is 1.35 bits per heavy atom. The first-order valence-electron chi connectivity index (χ1n) is 6.66. The van der Waals surface area contributed by atoms with Crippen LogP contribution < -0.4 is 15.4 Å². The predicted octanol–water partition coefficient (Wildman–Crippen LogP) is 2.33. The van der Waals surface area contributed by atoms with Gasteiger partial charge in [-0.05, 0) is 49.2 Å². The van der Waals surface area contributed by atoms with E-state index in [4.69, 9.17) is 17.0 Å². The van der Waals surface area contributed by atoms with E-state index in [1.165, 1.54) is 0 Å². The van der Waals surface area contributed by atoms with Gasteiger partial charge >= 0.3 is 0 Å². The lowest BCUT2D eigenvalue weighted by Gasteiger charge is -2.12. The summed E-state index contributed by atoms with van der Waals surface area (Å²) in [5, 5.41) is 5.91. The van der Waals surface area contributed by atoms with E-state index < -0.39 is 0 Å². The van der Waals surface area contributed by atoms with Gasteiger partial charge in [0.15, 0.2) is 11.7 Å². The van der Waals surface area contributed by atoms with Gasteiger partial charge in [-0.25, -0.2) is 0 Å². The van der Waals surface area contributed by atoms with Crippen molar-refractivity contribution in [1.29, 1.82) is 0 Å². The van der Waals surface area contributed by atoms with Crippen molar-refractivity contribution in [2.75, 3.05) is 13.2 Å². The van der Waals surface area contributed by atoms with Crippen molar-refractivity contribution in [3.63, 3.8) is 0 Å². The Kier molecular flexibility index (Phi) is 6.45. The predicted molar refractivity (Wildman–Crippen MR) is 85.0 cm³/mol. The standard InChI is InChI=1S/C15H22N2O2S/c1-10(2)8-16-15(20)17-14(18)9-19-13-7-11(3)5-6-12(13)4/h5-7,10H,8-9H2,1-4H3,(H2,16,17,18,20). The second kappa shape index (κ2) is 7.85. The highest BCUT2D eigenvalue weighted by molar-refractivity contribution is 7.80. The number of hydrogen-bond acceptors (Lipinski definition) is 3. The van der Waals surface area contributed by atoms with Gasteiger partial charge in [-0.1, -0.05) is 26.0 Å². The van der Waals surface area contributed by atoms with Crippen molar-refractivity contribution in [1.82, 2.24) is 10.6 Å². The van der Waals surface area contributed by atoms with E-state index in [0.29, 0.717) is 11.0 Å². The van der Waals surface area contributed by atoms with Crippen LogP contribution in [-0.2, 0) is 4.79 Å². The van der Waals surface area contributed by atoms with Crippen LogP contribution in [0, 0.1) is 19.8 Å². The third kappa shape index (κ3) is 6.02. The zero-order valence-electron chi connectivity index (χ0n) is 12.4. The molecule has 0 radical (unpaired) electrons.